The predicted molar refractivity (Wildman–Crippen MR) is 114 cm³/mol. The number of furan rings is 1. The molecule has 0 aliphatic carbocycles. The zero-order chi connectivity index (χ0) is 20.4. The summed E-state index contributed by atoms with van der Waals surface area (Å²) in [6.07, 6.45) is 5.02. The van der Waals surface area contributed by atoms with Gasteiger partial charge in [-0.05, 0) is 35.9 Å². The summed E-state index contributed by atoms with van der Waals surface area (Å²) in [5.41, 5.74) is 1.61. The van der Waals surface area contributed by atoms with Crippen LogP contribution >= 0.6 is 24.0 Å². The minimum Gasteiger partial charge on any atom is -0.457 e. The van der Waals surface area contributed by atoms with E-state index in [-0.39, 0.29) is 11.6 Å². The number of thioether (sulfide) groups is 1. The molecule has 4 rings (SSSR count). The van der Waals surface area contributed by atoms with E-state index in [0.29, 0.717) is 32.9 Å². The fraction of sp³-hybridized carbons (Fsp3) is 0.0500. The molecule has 0 radical (unpaired) electrons. The van der Waals surface area contributed by atoms with Crippen molar-refractivity contribution in [3.05, 3.63) is 87.3 Å². The Morgan fingerprint density at radius 2 is 2.00 bits per heavy atom. The number of carbonyl (C=O) groups is 1. The minimum atomic E-state index is -0.454. The van der Waals surface area contributed by atoms with E-state index < -0.39 is 4.92 Å². The summed E-state index contributed by atoms with van der Waals surface area (Å²) in [7, 11) is 0. The molecule has 7 nitrogen and oxygen atoms in total. The number of rotatable bonds is 5. The maximum Gasteiger partial charge on any atom is 0.269 e. The summed E-state index contributed by atoms with van der Waals surface area (Å²) >= 11 is 6.57. The number of nitrogens with zero attached hydrogens (tertiary/aromatic N) is 3. The van der Waals surface area contributed by atoms with Crippen LogP contribution in [0.1, 0.15) is 11.3 Å². The number of hydrogen-bond acceptors (Lipinski definition) is 7. The molecule has 1 aliphatic rings. The molecule has 9 heteroatoms. The number of non-ortho nitro benzene ring substituents is 1. The van der Waals surface area contributed by atoms with Crippen molar-refractivity contribution in [2.45, 2.75) is 6.54 Å². The van der Waals surface area contributed by atoms with Crippen LogP contribution in [0.4, 0.5) is 5.69 Å². The van der Waals surface area contributed by atoms with Crippen molar-refractivity contribution < 1.29 is 14.1 Å². The lowest BCUT2D eigenvalue weighted by molar-refractivity contribution is -0.384. The summed E-state index contributed by atoms with van der Waals surface area (Å²) in [5, 5.41) is 10.8. The molecule has 144 valence electrons. The van der Waals surface area contributed by atoms with E-state index in [9.17, 15) is 14.9 Å². The van der Waals surface area contributed by atoms with Crippen LogP contribution in [0.25, 0.3) is 17.4 Å². The van der Waals surface area contributed by atoms with Gasteiger partial charge in [0.2, 0.25) is 0 Å². The third-order valence-corrected chi connectivity index (χ3v) is 5.58. The van der Waals surface area contributed by atoms with E-state index in [1.807, 2.05) is 12.1 Å². The highest BCUT2D eigenvalue weighted by Crippen LogP contribution is 2.34. The van der Waals surface area contributed by atoms with E-state index in [1.165, 1.54) is 28.8 Å². The zero-order valence-electron chi connectivity index (χ0n) is 14.8. The molecule has 3 aromatic rings. The molecule has 0 unspecified atom stereocenters. The SMILES string of the molecule is O=C1C(=Cc2ccc(-c3ccc([N+](=O)[O-])cc3)o2)SC(=S)N1Cc1cccnc1. The number of carbonyl (C=O) groups excluding carboxylic acids is 1. The summed E-state index contributed by atoms with van der Waals surface area (Å²) in [6, 6.07) is 13.3. The van der Waals surface area contributed by atoms with Crippen molar-refractivity contribution in [2.24, 2.45) is 0 Å². The van der Waals surface area contributed by atoms with E-state index >= 15 is 0 Å². The van der Waals surface area contributed by atoms with Gasteiger partial charge in [-0.1, -0.05) is 30.0 Å². The van der Waals surface area contributed by atoms with Gasteiger partial charge in [-0.2, -0.15) is 0 Å². The summed E-state index contributed by atoms with van der Waals surface area (Å²) < 4.78 is 6.26. The Hall–Kier alpha value is -3.30. The van der Waals surface area contributed by atoms with Crippen molar-refractivity contribution in [1.82, 2.24) is 9.88 Å². The van der Waals surface area contributed by atoms with E-state index in [1.54, 1.807) is 42.7 Å². The van der Waals surface area contributed by atoms with E-state index in [4.69, 9.17) is 16.6 Å². The van der Waals surface area contributed by atoms with Gasteiger partial charge in [0.25, 0.3) is 11.6 Å². The first kappa shape index (κ1) is 19.0. The van der Waals surface area contributed by atoms with Crippen LogP contribution < -0.4 is 0 Å². The molecule has 0 bridgehead atoms. The van der Waals surface area contributed by atoms with Gasteiger partial charge >= 0.3 is 0 Å². The van der Waals surface area contributed by atoms with Gasteiger partial charge in [-0.15, -0.1) is 0 Å². The molecule has 1 aliphatic heterocycles. The number of thiocarbonyl (C=S) groups is 1. The lowest BCUT2D eigenvalue weighted by Crippen LogP contribution is -2.27. The first-order valence-electron chi connectivity index (χ1n) is 8.50. The second-order valence-electron chi connectivity index (χ2n) is 6.14. The molecule has 1 saturated heterocycles. The first-order valence-corrected chi connectivity index (χ1v) is 9.73. The lowest BCUT2D eigenvalue weighted by atomic mass is 10.1. The smallest absolute Gasteiger partial charge is 0.269 e. The van der Waals surface area contributed by atoms with E-state index in [0.717, 1.165) is 5.56 Å². The van der Waals surface area contributed by atoms with Gasteiger partial charge in [0.1, 0.15) is 15.8 Å². The number of aromatic nitrogens is 1. The number of hydrogen-bond donors (Lipinski definition) is 0. The van der Waals surface area contributed by atoms with E-state index in [2.05, 4.69) is 4.98 Å². The summed E-state index contributed by atoms with van der Waals surface area (Å²) in [4.78, 5) is 29.1. The van der Waals surface area contributed by atoms with Crippen molar-refractivity contribution in [3.63, 3.8) is 0 Å². The second kappa shape index (κ2) is 7.98. The standard InChI is InChI=1S/C20H13N3O4S2/c24-19-18(29-20(28)22(19)12-13-2-1-9-21-11-13)10-16-7-8-17(27-16)14-3-5-15(6-4-14)23(25)26/h1-11H,12H2. The number of nitro benzene ring substituents is 1. The highest BCUT2D eigenvalue weighted by Gasteiger charge is 2.32. The highest BCUT2D eigenvalue weighted by atomic mass is 32.2. The Balaban J connectivity index is 1.52. The van der Waals surface area contributed by atoms with Gasteiger partial charge in [0.15, 0.2) is 0 Å². The third kappa shape index (κ3) is 4.10. The number of nitro groups is 1. The van der Waals surface area contributed by atoms with Gasteiger partial charge in [-0.25, -0.2) is 0 Å². The maximum absolute atomic E-state index is 12.7. The van der Waals surface area contributed by atoms with Gasteiger partial charge in [-0.3, -0.25) is 24.8 Å². The molecule has 0 N–H and O–H groups in total. The van der Waals surface area contributed by atoms with Crippen LogP contribution in [-0.2, 0) is 11.3 Å². The Bertz CT molecular complexity index is 1120. The molecule has 3 heterocycles. The van der Waals surface area contributed by atoms with Gasteiger partial charge in [0.05, 0.1) is 16.4 Å². The second-order valence-corrected chi connectivity index (χ2v) is 7.81. The Morgan fingerprint density at radius 1 is 1.21 bits per heavy atom. The Kier molecular flexibility index (Phi) is 5.24. The maximum atomic E-state index is 12.7. The normalized spacial score (nSPS) is 15.3. The molecule has 29 heavy (non-hydrogen) atoms. The summed E-state index contributed by atoms with van der Waals surface area (Å²) in [5.74, 6) is 0.870. The quantitative estimate of drug-likeness (QED) is 0.255. The highest BCUT2D eigenvalue weighted by molar-refractivity contribution is 8.26. The Labute approximate surface area is 175 Å². The van der Waals surface area contributed by atoms with Crippen LogP contribution in [-0.4, -0.2) is 25.0 Å². The van der Waals surface area contributed by atoms with Crippen molar-refractivity contribution in [3.8, 4) is 11.3 Å². The van der Waals surface area contributed by atoms with Gasteiger partial charge in [0, 0.05) is 36.2 Å². The molecule has 1 aromatic carbocycles. The van der Waals surface area contributed by atoms with Crippen molar-refractivity contribution in [2.75, 3.05) is 0 Å². The fourth-order valence-corrected chi connectivity index (χ4v) is 4.01. The fourth-order valence-electron chi connectivity index (χ4n) is 2.77. The topological polar surface area (TPSA) is 89.5 Å². The molecular weight excluding hydrogens is 410 g/mol. The van der Waals surface area contributed by atoms with Crippen LogP contribution in [0, 0.1) is 10.1 Å². The number of benzene rings is 1. The van der Waals surface area contributed by atoms with Crippen LogP contribution in [0.15, 0.2) is 70.2 Å². The molecule has 1 fully saturated rings. The van der Waals surface area contributed by atoms with Crippen LogP contribution in [0.2, 0.25) is 0 Å². The molecule has 1 amide bonds. The molecular formula is C20H13N3O4S2. The molecule has 2 aromatic heterocycles. The Morgan fingerprint density at radius 3 is 2.69 bits per heavy atom. The average molecular weight is 423 g/mol. The lowest BCUT2D eigenvalue weighted by Gasteiger charge is -2.13. The molecule has 0 atom stereocenters. The monoisotopic (exact) mass is 423 g/mol. The van der Waals surface area contributed by atoms with Crippen molar-refractivity contribution >= 4 is 46.0 Å². The number of pyridine rings is 1. The van der Waals surface area contributed by atoms with Crippen molar-refractivity contribution in [1.29, 1.82) is 0 Å². The predicted octanol–water partition coefficient (Wildman–Crippen LogP) is 4.65. The number of amides is 1. The summed E-state index contributed by atoms with van der Waals surface area (Å²) in [6.45, 7) is 0.363. The average Bonchev–Trinajstić information content (AvgIpc) is 3.29. The minimum absolute atomic E-state index is 0.0119. The third-order valence-electron chi connectivity index (χ3n) is 4.20. The van der Waals surface area contributed by atoms with Crippen LogP contribution in [0.3, 0.4) is 0 Å². The first-order chi connectivity index (χ1) is 14.0. The zero-order valence-corrected chi connectivity index (χ0v) is 16.5. The van der Waals surface area contributed by atoms with Crippen LogP contribution in [0.5, 0.6) is 0 Å². The molecule has 0 saturated carbocycles. The molecule has 0 spiro atoms. The largest absolute Gasteiger partial charge is 0.457 e. The van der Waals surface area contributed by atoms with Gasteiger partial charge < -0.3 is 4.42 Å².